The van der Waals surface area contributed by atoms with E-state index in [9.17, 15) is 5.11 Å². The number of aromatic hydroxyl groups is 1. The predicted octanol–water partition coefficient (Wildman–Crippen LogP) is 12.0. The fraction of sp³-hybridized carbons (Fsp3) is 0. The van der Waals surface area contributed by atoms with Crippen LogP contribution in [0.15, 0.2) is 170 Å². The van der Waals surface area contributed by atoms with Gasteiger partial charge < -0.3 is 9.67 Å². The maximum absolute atomic E-state index is 10.8. The average molecular weight is 861 g/mol. The molecule has 53 heavy (non-hydrogen) atoms. The molecule has 3 aromatic heterocycles. The summed E-state index contributed by atoms with van der Waals surface area (Å²) in [6.45, 7) is 7.53. The molecule has 9 aromatic rings. The molecule has 0 radical (unpaired) electrons. The largest absolute Gasteiger partial charge is 0.507 e. The first-order valence-corrected chi connectivity index (χ1v) is 17.0. The molecule has 0 atom stereocenters. The zero-order valence-corrected chi connectivity index (χ0v) is 30.5. The van der Waals surface area contributed by atoms with Crippen molar-refractivity contribution in [1.82, 2.24) is 14.5 Å². The molecule has 9 rings (SSSR count). The molecule has 6 aromatic carbocycles. The van der Waals surface area contributed by atoms with Crippen molar-refractivity contribution >= 4 is 27.5 Å². The van der Waals surface area contributed by atoms with Crippen molar-refractivity contribution in [1.29, 1.82) is 0 Å². The number of rotatable bonds is 6. The van der Waals surface area contributed by atoms with Crippen LogP contribution in [0.4, 0.5) is 5.69 Å². The normalized spacial score (nSPS) is 10.9. The Hall–Kier alpha value is -6.60. The van der Waals surface area contributed by atoms with Crippen LogP contribution in [-0.2, 0) is 21.1 Å². The number of hydrogen-bond acceptors (Lipinski definition) is 3. The second-order valence-corrected chi connectivity index (χ2v) is 12.6. The minimum atomic E-state index is 0. The van der Waals surface area contributed by atoms with E-state index in [-0.39, 0.29) is 26.8 Å². The summed E-state index contributed by atoms with van der Waals surface area (Å²) in [5.41, 5.74) is 12.1. The minimum Gasteiger partial charge on any atom is -0.507 e. The molecule has 0 amide bonds. The third-order valence-corrected chi connectivity index (χ3v) is 9.44. The monoisotopic (exact) mass is 860 g/mol. The Kier molecular flexibility index (Phi) is 8.98. The molecule has 5 nitrogen and oxygen atoms in total. The summed E-state index contributed by atoms with van der Waals surface area (Å²) in [4.78, 5) is 13.4. The van der Waals surface area contributed by atoms with Crippen molar-refractivity contribution < 1.29 is 26.2 Å². The number of nitrogens with zero attached hydrogens (tertiary/aromatic N) is 4. The molecular weight excluding hydrogens is 832 g/mol. The summed E-state index contributed by atoms with van der Waals surface area (Å²) < 4.78 is 2.35. The molecule has 254 valence electrons. The fourth-order valence-electron chi connectivity index (χ4n) is 7.01. The van der Waals surface area contributed by atoms with Crippen LogP contribution < -0.4 is 0 Å². The van der Waals surface area contributed by atoms with Gasteiger partial charge in [-0.2, -0.15) is 0 Å². The molecule has 0 aliphatic heterocycles. The molecular formula is C47H29N4OPt-. The van der Waals surface area contributed by atoms with Gasteiger partial charge in [0.05, 0.1) is 23.3 Å². The van der Waals surface area contributed by atoms with Gasteiger partial charge in [0, 0.05) is 66.2 Å². The molecule has 0 aliphatic rings. The molecule has 0 bridgehead atoms. The summed E-state index contributed by atoms with van der Waals surface area (Å²) in [5, 5.41) is 13.2. The van der Waals surface area contributed by atoms with Gasteiger partial charge in [0.1, 0.15) is 5.75 Å². The first-order valence-electron chi connectivity index (χ1n) is 17.0. The summed E-state index contributed by atoms with van der Waals surface area (Å²) in [7, 11) is 0. The number of para-hydroxylation sites is 3. The summed E-state index contributed by atoms with van der Waals surface area (Å²) in [5.74, 6) is 0.0659. The third-order valence-electron chi connectivity index (χ3n) is 9.44. The number of fused-ring (bicyclic) bond motifs is 3. The molecule has 1 N–H and O–H groups in total. The van der Waals surface area contributed by atoms with Gasteiger partial charge >= 0.3 is 0 Å². The van der Waals surface area contributed by atoms with Gasteiger partial charge in [-0.1, -0.05) is 114 Å². The van der Waals surface area contributed by atoms with Gasteiger partial charge in [-0.15, -0.1) is 24.3 Å². The Bertz CT molecular complexity index is 2820. The molecule has 0 saturated carbocycles. The van der Waals surface area contributed by atoms with Crippen molar-refractivity contribution in [3.05, 3.63) is 187 Å². The maximum Gasteiger partial charge on any atom is 0.188 e. The number of aromatic nitrogens is 3. The number of benzene rings is 6. The number of phenols is 1. The Morgan fingerprint density at radius 3 is 2.06 bits per heavy atom. The Morgan fingerprint density at radius 2 is 1.25 bits per heavy atom. The van der Waals surface area contributed by atoms with E-state index < -0.39 is 0 Å². The van der Waals surface area contributed by atoms with Gasteiger partial charge in [-0.05, 0) is 59.2 Å². The zero-order chi connectivity index (χ0) is 35.0. The van der Waals surface area contributed by atoms with Gasteiger partial charge in [-0.25, -0.2) is 4.85 Å². The van der Waals surface area contributed by atoms with Crippen LogP contribution >= 0.6 is 0 Å². The van der Waals surface area contributed by atoms with Crippen molar-refractivity contribution in [3.63, 3.8) is 0 Å². The molecule has 0 aliphatic carbocycles. The maximum atomic E-state index is 10.8. The van der Waals surface area contributed by atoms with Crippen LogP contribution in [0.2, 0.25) is 0 Å². The van der Waals surface area contributed by atoms with E-state index in [2.05, 4.69) is 94.3 Å². The summed E-state index contributed by atoms with van der Waals surface area (Å²) in [6, 6.07) is 58.2. The Balaban J connectivity index is 0.00000400. The molecule has 6 heteroatoms. The van der Waals surface area contributed by atoms with Crippen LogP contribution in [0, 0.1) is 12.6 Å². The van der Waals surface area contributed by atoms with Gasteiger partial charge in [0.2, 0.25) is 0 Å². The predicted molar refractivity (Wildman–Crippen MR) is 210 cm³/mol. The van der Waals surface area contributed by atoms with E-state index in [1.54, 1.807) is 18.2 Å². The van der Waals surface area contributed by atoms with Crippen LogP contribution in [0.3, 0.4) is 0 Å². The van der Waals surface area contributed by atoms with E-state index in [1.165, 1.54) is 10.8 Å². The standard InChI is InChI=1S/C47H29N4O.Pt/c1-48-36-22-23-46(52)41(30-36)44-29-35(31-12-4-2-5-13-31)28-43(50-44)34-15-10-14-33(26-34)42-27-32(24-25-49-42)38-19-11-20-40-39-18-8-9-21-45(39)51(47(38)40)37-16-6-3-7-17-37;/h2-25,27-30,52H;/q-1;. The van der Waals surface area contributed by atoms with Crippen molar-refractivity contribution in [2.45, 2.75) is 0 Å². The van der Waals surface area contributed by atoms with Crippen LogP contribution in [0.5, 0.6) is 5.75 Å². The third kappa shape index (κ3) is 6.20. The molecule has 3 heterocycles. The topological polar surface area (TPSA) is 55.3 Å². The van der Waals surface area contributed by atoms with Crippen molar-refractivity contribution in [3.8, 4) is 67.5 Å². The summed E-state index contributed by atoms with van der Waals surface area (Å²) >= 11 is 0. The quantitative estimate of drug-likeness (QED) is 0.170. The molecule has 0 fully saturated rings. The number of hydrogen-bond donors (Lipinski definition) is 1. The van der Waals surface area contributed by atoms with E-state index in [4.69, 9.17) is 16.5 Å². The number of pyridine rings is 2. The Labute approximate surface area is 321 Å². The fourth-order valence-corrected chi connectivity index (χ4v) is 7.01. The van der Waals surface area contributed by atoms with E-state index in [0.29, 0.717) is 22.6 Å². The van der Waals surface area contributed by atoms with E-state index in [0.717, 1.165) is 55.8 Å². The SMILES string of the molecule is [C-]#[N+]c1ccc(O)c(-c2cc(-c3ccccc3)cc(-c3[c-]c(-c4cc(-c5cccc6c7ccccc7n(-c7ccccc7)c56)ccn4)ccc3)n2)c1.[Pt]. The molecule has 0 spiro atoms. The first-order chi connectivity index (χ1) is 25.6. The smallest absolute Gasteiger partial charge is 0.188 e. The van der Waals surface area contributed by atoms with Crippen LogP contribution in [-0.4, -0.2) is 19.6 Å². The van der Waals surface area contributed by atoms with E-state index in [1.807, 2.05) is 72.9 Å². The molecule has 0 saturated heterocycles. The van der Waals surface area contributed by atoms with Gasteiger partial charge in [-0.3, -0.25) is 9.97 Å². The van der Waals surface area contributed by atoms with E-state index >= 15 is 0 Å². The average Bonchev–Trinajstić information content (AvgIpc) is 3.56. The zero-order valence-electron chi connectivity index (χ0n) is 28.2. The van der Waals surface area contributed by atoms with Crippen molar-refractivity contribution in [2.24, 2.45) is 0 Å². The van der Waals surface area contributed by atoms with Crippen LogP contribution in [0.25, 0.3) is 88.4 Å². The molecule has 0 unspecified atom stereocenters. The second kappa shape index (κ2) is 14.2. The summed E-state index contributed by atoms with van der Waals surface area (Å²) in [6.07, 6.45) is 1.86. The van der Waals surface area contributed by atoms with Gasteiger partial charge in [0.25, 0.3) is 0 Å². The van der Waals surface area contributed by atoms with Gasteiger partial charge in [0.15, 0.2) is 5.69 Å². The van der Waals surface area contributed by atoms with Crippen LogP contribution in [0.1, 0.15) is 0 Å². The Morgan fingerprint density at radius 1 is 0.566 bits per heavy atom. The second-order valence-electron chi connectivity index (χ2n) is 12.6. The minimum absolute atomic E-state index is 0. The first kappa shape index (κ1) is 33.5. The van der Waals surface area contributed by atoms with Crippen molar-refractivity contribution in [2.75, 3.05) is 0 Å². The number of phenolic OH excluding ortho intramolecular Hbond substituents is 1.